The molecule has 0 radical (unpaired) electrons. The highest BCUT2D eigenvalue weighted by Gasteiger charge is 2.26. The van der Waals surface area contributed by atoms with Crippen LogP contribution in [0.15, 0.2) is 30.5 Å². The quantitative estimate of drug-likeness (QED) is 0.479. The Hall–Kier alpha value is -2.50. The lowest BCUT2D eigenvalue weighted by Gasteiger charge is -2.02. The molecular formula is C13H11N3O3. The van der Waals surface area contributed by atoms with E-state index in [1.54, 1.807) is 10.7 Å². The predicted octanol–water partition coefficient (Wildman–Crippen LogP) is 2.47. The largest absolute Gasteiger partial charge is 0.298 e. The number of nitrogens with zero attached hydrogens (tertiary/aromatic N) is 3. The second-order valence-corrected chi connectivity index (χ2v) is 4.58. The molecule has 1 aromatic heterocycles. The fraction of sp³-hybridized carbons (Fsp3) is 0.231. The van der Waals surface area contributed by atoms with E-state index in [4.69, 9.17) is 0 Å². The molecule has 0 spiro atoms. The van der Waals surface area contributed by atoms with Crippen LogP contribution in [-0.4, -0.2) is 21.0 Å². The van der Waals surface area contributed by atoms with Gasteiger partial charge in [0.25, 0.3) is 5.69 Å². The van der Waals surface area contributed by atoms with Crippen LogP contribution in [0, 0.1) is 10.1 Å². The molecule has 1 aliphatic carbocycles. The molecule has 0 bridgehead atoms. The Morgan fingerprint density at radius 1 is 1.37 bits per heavy atom. The van der Waals surface area contributed by atoms with Gasteiger partial charge in [-0.05, 0) is 31.0 Å². The number of aldehydes is 1. The Morgan fingerprint density at radius 3 is 2.79 bits per heavy atom. The summed E-state index contributed by atoms with van der Waals surface area (Å²) in [5, 5.41) is 15.2. The van der Waals surface area contributed by atoms with Gasteiger partial charge in [-0.2, -0.15) is 5.10 Å². The SMILES string of the molecule is O=Cc1cc(-n2ccc(C3CC3)n2)ccc1[N+](=O)[O-]. The van der Waals surface area contributed by atoms with Gasteiger partial charge in [0, 0.05) is 18.2 Å². The summed E-state index contributed by atoms with van der Waals surface area (Å²) in [5.41, 5.74) is 1.56. The summed E-state index contributed by atoms with van der Waals surface area (Å²) in [5.74, 6) is 0.546. The molecule has 6 heteroatoms. The minimum absolute atomic E-state index is 0.0611. The Kier molecular flexibility index (Phi) is 2.63. The van der Waals surface area contributed by atoms with Crippen molar-refractivity contribution < 1.29 is 9.72 Å². The number of rotatable bonds is 4. The summed E-state index contributed by atoms with van der Waals surface area (Å²) in [6.07, 6.45) is 4.63. The van der Waals surface area contributed by atoms with Gasteiger partial charge in [-0.25, -0.2) is 4.68 Å². The van der Waals surface area contributed by atoms with Gasteiger partial charge < -0.3 is 0 Å². The van der Waals surface area contributed by atoms with Crippen LogP contribution < -0.4 is 0 Å². The van der Waals surface area contributed by atoms with E-state index in [2.05, 4.69) is 5.10 Å². The first-order valence-corrected chi connectivity index (χ1v) is 5.98. The van der Waals surface area contributed by atoms with Crippen molar-refractivity contribution >= 4 is 12.0 Å². The fourth-order valence-electron chi connectivity index (χ4n) is 2.02. The Morgan fingerprint density at radius 2 is 2.16 bits per heavy atom. The number of hydrogen-bond donors (Lipinski definition) is 0. The second kappa shape index (κ2) is 4.31. The third-order valence-corrected chi connectivity index (χ3v) is 3.20. The molecule has 1 aromatic carbocycles. The van der Waals surface area contributed by atoms with Crippen LogP contribution >= 0.6 is 0 Å². The van der Waals surface area contributed by atoms with Gasteiger partial charge >= 0.3 is 0 Å². The van der Waals surface area contributed by atoms with Crippen molar-refractivity contribution in [2.24, 2.45) is 0 Å². The molecule has 0 N–H and O–H groups in total. The maximum Gasteiger partial charge on any atom is 0.280 e. The Bertz CT molecular complexity index is 659. The van der Waals surface area contributed by atoms with Crippen molar-refractivity contribution in [2.75, 3.05) is 0 Å². The third-order valence-electron chi connectivity index (χ3n) is 3.20. The Balaban J connectivity index is 1.99. The minimum atomic E-state index is -0.563. The molecule has 19 heavy (non-hydrogen) atoms. The first kappa shape index (κ1) is 11.6. The highest BCUT2D eigenvalue weighted by Crippen LogP contribution is 2.39. The molecule has 0 saturated heterocycles. The molecule has 96 valence electrons. The van der Waals surface area contributed by atoms with Gasteiger partial charge in [-0.3, -0.25) is 14.9 Å². The zero-order chi connectivity index (χ0) is 13.4. The molecule has 0 aliphatic heterocycles. The minimum Gasteiger partial charge on any atom is -0.298 e. The van der Waals surface area contributed by atoms with E-state index in [-0.39, 0.29) is 11.3 Å². The summed E-state index contributed by atoms with van der Waals surface area (Å²) in [6.45, 7) is 0. The van der Waals surface area contributed by atoms with Gasteiger partial charge in [-0.15, -0.1) is 0 Å². The predicted molar refractivity (Wildman–Crippen MR) is 67.6 cm³/mol. The van der Waals surface area contributed by atoms with Crippen LogP contribution in [0.25, 0.3) is 5.69 Å². The van der Waals surface area contributed by atoms with E-state index >= 15 is 0 Å². The zero-order valence-electron chi connectivity index (χ0n) is 10.0. The lowest BCUT2D eigenvalue weighted by molar-refractivity contribution is -0.385. The number of aromatic nitrogens is 2. The number of nitro benzene ring substituents is 1. The highest BCUT2D eigenvalue weighted by molar-refractivity contribution is 5.82. The molecule has 1 fully saturated rings. The maximum atomic E-state index is 10.9. The van der Waals surface area contributed by atoms with E-state index < -0.39 is 4.92 Å². The van der Waals surface area contributed by atoms with Gasteiger partial charge in [-0.1, -0.05) is 0 Å². The number of carbonyl (C=O) groups excluding carboxylic acids is 1. The van der Waals surface area contributed by atoms with Crippen LogP contribution in [0.4, 0.5) is 5.69 Å². The van der Waals surface area contributed by atoms with Gasteiger partial charge in [0.15, 0.2) is 6.29 Å². The van der Waals surface area contributed by atoms with Crippen molar-refractivity contribution in [3.8, 4) is 5.69 Å². The summed E-state index contributed by atoms with van der Waals surface area (Å²) in [4.78, 5) is 21.1. The average Bonchev–Trinajstić information content (AvgIpc) is 3.15. The summed E-state index contributed by atoms with van der Waals surface area (Å²) in [6, 6.07) is 6.35. The standard InChI is InChI=1S/C13H11N3O3/c17-8-10-7-11(3-4-13(10)16(18)19)15-6-5-12(14-15)9-1-2-9/h3-9H,1-2H2. The fourth-order valence-corrected chi connectivity index (χ4v) is 2.02. The third kappa shape index (κ3) is 2.12. The lowest BCUT2D eigenvalue weighted by Crippen LogP contribution is -2.00. The van der Waals surface area contributed by atoms with Crippen molar-refractivity contribution in [3.63, 3.8) is 0 Å². The summed E-state index contributed by atoms with van der Waals surface area (Å²) < 4.78 is 1.64. The van der Waals surface area contributed by atoms with Crippen molar-refractivity contribution in [2.45, 2.75) is 18.8 Å². The zero-order valence-corrected chi connectivity index (χ0v) is 10.0. The molecule has 0 amide bonds. The molecule has 0 unspecified atom stereocenters. The number of benzene rings is 1. The molecule has 1 aliphatic rings. The molecule has 6 nitrogen and oxygen atoms in total. The molecule has 1 saturated carbocycles. The molecule has 2 aromatic rings. The molecule has 3 rings (SSSR count). The van der Waals surface area contributed by atoms with Crippen LogP contribution in [0.1, 0.15) is 34.8 Å². The van der Waals surface area contributed by atoms with Crippen LogP contribution in [0.2, 0.25) is 0 Å². The second-order valence-electron chi connectivity index (χ2n) is 4.58. The maximum absolute atomic E-state index is 10.9. The highest BCUT2D eigenvalue weighted by atomic mass is 16.6. The van der Waals surface area contributed by atoms with E-state index in [0.29, 0.717) is 17.9 Å². The summed E-state index contributed by atoms with van der Waals surface area (Å²) >= 11 is 0. The van der Waals surface area contributed by atoms with Gasteiger partial charge in [0.2, 0.25) is 0 Å². The van der Waals surface area contributed by atoms with Crippen molar-refractivity contribution in [1.29, 1.82) is 0 Å². The molecule has 0 atom stereocenters. The lowest BCUT2D eigenvalue weighted by atomic mass is 10.2. The van der Waals surface area contributed by atoms with Crippen LogP contribution in [0.5, 0.6) is 0 Å². The smallest absolute Gasteiger partial charge is 0.280 e. The van der Waals surface area contributed by atoms with Gasteiger partial charge in [0.05, 0.1) is 21.9 Å². The Labute approximate surface area is 108 Å². The topological polar surface area (TPSA) is 78.0 Å². The normalized spacial score (nSPS) is 14.3. The monoisotopic (exact) mass is 257 g/mol. The first-order valence-electron chi connectivity index (χ1n) is 5.98. The van der Waals surface area contributed by atoms with E-state index in [0.717, 1.165) is 18.5 Å². The average molecular weight is 257 g/mol. The molecular weight excluding hydrogens is 246 g/mol. The first-order chi connectivity index (χ1) is 9.19. The van der Waals surface area contributed by atoms with E-state index in [9.17, 15) is 14.9 Å². The number of hydrogen-bond acceptors (Lipinski definition) is 4. The van der Waals surface area contributed by atoms with E-state index in [1.165, 1.54) is 12.1 Å². The summed E-state index contributed by atoms with van der Waals surface area (Å²) in [7, 11) is 0. The van der Waals surface area contributed by atoms with Crippen LogP contribution in [0.3, 0.4) is 0 Å². The van der Waals surface area contributed by atoms with Crippen molar-refractivity contribution in [1.82, 2.24) is 9.78 Å². The number of carbonyl (C=O) groups is 1. The molecule has 1 heterocycles. The van der Waals surface area contributed by atoms with Crippen molar-refractivity contribution in [3.05, 3.63) is 51.8 Å². The van der Waals surface area contributed by atoms with Crippen LogP contribution in [-0.2, 0) is 0 Å². The number of nitro groups is 1. The van der Waals surface area contributed by atoms with E-state index in [1.807, 2.05) is 12.3 Å². The van der Waals surface area contributed by atoms with Gasteiger partial charge in [0.1, 0.15) is 0 Å².